The van der Waals surface area contributed by atoms with E-state index >= 15 is 0 Å². The quantitative estimate of drug-likeness (QED) is 0.436. The monoisotopic (exact) mass is 388 g/mol. The molecule has 0 saturated heterocycles. The summed E-state index contributed by atoms with van der Waals surface area (Å²) >= 11 is 0. The smallest absolute Gasteiger partial charge is 0.0650 e. The minimum atomic E-state index is 0.815. The maximum absolute atomic E-state index is 3.40. The summed E-state index contributed by atoms with van der Waals surface area (Å²) < 4.78 is 0. The molecule has 1 aliphatic rings. The summed E-state index contributed by atoms with van der Waals surface area (Å²) in [5.41, 5.74) is 9.94. The van der Waals surface area contributed by atoms with Gasteiger partial charge in [-0.05, 0) is 62.7 Å². The first-order chi connectivity index (χ1) is 14.9. The van der Waals surface area contributed by atoms with E-state index in [1.165, 1.54) is 44.5 Å². The Balaban J connectivity index is 1.57. The Hall–Kier alpha value is -3.62. The van der Waals surface area contributed by atoms with Gasteiger partial charge in [0.1, 0.15) is 0 Å². The molecule has 0 aliphatic carbocycles. The molecule has 2 N–H and O–H groups in total. The lowest BCUT2D eigenvalue weighted by molar-refractivity contribution is 0.678. The van der Waals surface area contributed by atoms with Crippen LogP contribution in [-0.2, 0) is 0 Å². The Morgan fingerprint density at radius 1 is 0.467 bits per heavy atom. The summed E-state index contributed by atoms with van der Waals surface area (Å²) in [7, 11) is 0. The molecule has 0 radical (unpaired) electrons. The molecule has 2 heteroatoms. The van der Waals surface area contributed by atoms with E-state index in [2.05, 4.69) is 120 Å². The van der Waals surface area contributed by atoms with Crippen molar-refractivity contribution in [2.75, 3.05) is 13.2 Å². The Labute approximate surface area is 177 Å². The summed E-state index contributed by atoms with van der Waals surface area (Å²) in [5.74, 6) is 0. The van der Waals surface area contributed by atoms with Crippen molar-refractivity contribution in [3.8, 4) is 33.4 Å². The van der Waals surface area contributed by atoms with E-state index in [1.54, 1.807) is 0 Å². The molecule has 0 atom stereocenters. The van der Waals surface area contributed by atoms with E-state index in [0.717, 1.165) is 13.2 Å². The molecule has 5 rings (SSSR count). The van der Waals surface area contributed by atoms with E-state index in [9.17, 15) is 0 Å². The summed E-state index contributed by atoms with van der Waals surface area (Å²) in [6.45, 7) is 1.69. The largest absolute Gasteiger partial charge is 0.378 e. The standard InChI is InChI=1S/C28H24N2/c1-3-7-21(8-4-1)23-11-13-24(14-12-23)26-15-25(22-9-5-2-6-10-22)16-27(17-26)28-18-29-20-30-19-28/h1-18,29-30H,19-20H2. The van der Waals surface area contributed by atoms with Crippen molar-refractivity contribution in [2.45, 2.75) is 0 Å². The van der Waals surface area contributed by atoms with Gasteiger partial charge in [-0.1, -0.05) is 84.9 Å². The van der Waals surface area contributed by atoms with Crippen LogP contribution < -0.4 is 10.6 Å². The van der Waals surface area contributed by atoms with Crippen molar-refractivity contribution in [1.82, 2.24) is 10.6 Å². The summed E-state index contributed by atoms with van der Waals surface area (Å²) in [6, 6.07) is 36.9. The van der Waals surface area contributed by atoms with E-state index < -0.39 is 0 Å². The number of benzene rings is 4. The third-order valence-corrected chi connectivity index (χ3v) is 5.56. The molecule has 0 amide bonds. The fraction of sp³-hybridized carbons (Fsp3) is 0.0714. The molecule has 4 aromatic carbocycles. The fourth-order valence-electron chi connectivity index (χ4n) is 3.94. The molecule has 146 valence electrons. The van der Waals surface area contributed by atoms with Crippen LogP contribution in [0.3, 0.4) is 0 Å². The predicted molar refractivity (Wildman–Crippen MR) is 127 cm³/mol. The zero-order valence-electron chi connectivity index (χ0n) is 16.8. The van der Waals surface area contributed by atoms with Gasteiger partial charge in [-0.15, -0.1) is 0 Å². The second kappa shape index (κ2) is 8.40. The van der Waals surface area contributed by atoms with Crippen LogP contribution in [0.15, 0.2) is 109 Å². The van der Waals surface area contributed by atoms with E-state index in [0.29, 0.717) is 0 Å². The lowest BCUT2D eigenvalue weighted by Crippen LogP contribution is -2.31. The minimum absolute atomic E-state index is 0.815. The average molecular weight is 389 g/mol. The van der Waals surface area contributed by atoms with Crippen molar-refractivity contribution in [3.05, 3.63) is 115 Å². The first kappa shape index (κ1) is 18.4. The lowest BCUT2D eigenvalue weighted by Gasteiger charge is -2.18. The second-order valence-electron chi connectivity index (χ2n) is 7.59. The van der Waals surface area contributed by atoms with Gasteiger partial charge < -0.3 is 5.32 Å². The van der Waals surface area contributed by atoms with Gasteiger partial charge in [0.2, 0.25) is 0 Å². The zero-order chi connectivity index (χ0) is 20.2. The molecule has 0 unspecified atom stereocenters. The molecule has 2 nitrogen and oxygen atoms in total. The van der Waals surface area contributed by atoms with Crippen molar-refractivity contribution >= 4 is 5.57 Å². The van der Waals surface area contributed by atoms with Gasteiger partial charge in [-0.25, -0.2) is 0 Å². The molecule has 1 heterocycles. The summed E-state index contributed by atoms with van der Waals surface area (Å²) in [5, 5.41) is 6.70. The van der Waals surface area contributed by atoms with E-state index in [1.807, 2.05) is 0 Å². The number of hydrogen-bond acceptors (Lipinski definition) is 2. The molecule has 4 aromatic rings. The third kappa shape index (κ3) is 3.91. The maximum atomic E-state index is 3.40. The van der Waals surface area contributed by atoms with Gasteiger partial charge in [0.15, 0.2) is 0 Å². The molecule has 0 spiro atoms. The normalized spacial score (nSPS) is 13.4. The first-order valence-corrected chi connectivity index (χ1v) is 10.4. The van der Waals surface area contributed by atoms with Crippen LogP contribution in [0.4, 0.5) is 0 Å². The predicted octanol–water partition coefficient (Wildman–Crippen LogP) is 6.18. The minimum Gasteiger partial charge on any atom is -0.378 e. The van der Waals surface area contributed by atoms with Gasteiger partial charge in [-0.3, -0.25) is 5.32 Å². The fourth-order valence-corrected chi connectivity index (χ4v) is 3.94. The molecule has 0 aromatic heterocycles. The SMILES string of the molecule is C1=C(c2cc(-c3ccccc3)cc(-c3ccc(-c4ccccc4)cc3)c2)CNCN1. The Bertz CT molecular complexity index is 1160. The van der Waals surface area contributed by atoms with Gasteiger partial charge in [-0.2, -0.15) is 0 Å². The van der Waals surface area contributed by atoms with Crippen molar-refractivity contribution in [1.29, 1.82) is 0 Å². The van der Waals surface area contributed by atoms with Crippen molar-refractivity contribution in [3.63, 3.8) is 0 Å². The molecule has 0 fully saturated rings. The molecule has 1 aliphatic heterocycles. The molecular formula is C28H24N2. The number of nitrogens with one attached hydrogen (secondary N) is 2. The van der Waals surface area contributed by atoms with Gasteiger partial charge >= 0.3 is 0 Å². The highest BCUT2D eigenvalue weighted by atomic mass is 15.1. The van der Waals surface area contributed by atoms with E-state index in [-0.39, 0.29) is 0 Å². The maximum Gasteiger partial charge on any atom is 0.0650 e. The second-order valence-corrected chi connectivity index (χ2v) is 7.59. The van der Waals surface area contributed by atoms with Crippen LogP contribution in [0.1, 0.15) is 5.56 Å². The summed E-state index contributed by atoms with van der Waals surface area (Å²) in [6.07, 6.45) is 2.13. The highest BCUT2D eigenvalue weighted by Crippen LogP contribution is 2.32. The van der Waals surface area contributed by atoms with Gasteiger partial charge in [0.25, 0.3) is 0 Å². The van der Waals surface area contributed by atoms with Crippen LogP contribution in [0.5, 0.6) is 0 Å². The molecule has 0 saturated carbocycles. The molecule has 0 bridgehead atoms. The van der Waals surface area contributed by atoms with Crippen LogP contribution in [-0.4, -0.2) is 13.2 Å². The highest BCUT2D eigenvalue weighted by Gasteiger charge is 2.11. The number of hydrogen-bond donors (Lipinski definition) is 2. The topological polar surface area (TPSA) is 24.1 Å². The lowest BCUT2D eigenvalue weighted by atomic mass is 9.92. The number of rotatable bonds is 4. The summed E-state index contributed by atoms with van der Waals surface area (Å²) in [4.78, 5) is 0. The van der Waals surface area contributed by atoms with Gasteiger partial charge in [0, 0.05) is 12.7 Å². The van der Waals surface area contributed by atoms with Crippen LogP contribution in [0.2, 0.25) is 0 Å². The van der Waals surface area contributed by atoms with Crippen molar-refractivity contribution in [2.24, 2.45) is 0 Å². The van der Waals surface area contributed by atoms with E-state index in [4.69, 9.17) is 0 Å². The zero-order valence-corrected chi connectivity index (χ0v) is 16.8. The van der Waals surface area contributed by atoms with Crippen LogP contribution >= 0.6 is 0 Å². The van der Waals surface area contributed by atoms with Gasteiger partial charge in [0.05, 0.1) is 6.67 Å². The molecule has 30 heavy (non-hydrogen) atoms. The van der Waals surface area contributed by atoms with Crippen molar-refractivity contribution < 1.29 is 0 Å². The third-order valence-electron chi connectivity index (χ3n) is 5.56. The Kier molecular flexibility index (Phi) is 5.15. The first-order valence-electron chi connectivity index (χ1n) is 10.4. The van der Waals surface area contributed by atoms with Crippen LogP contribution in [0.25, 0.3) is 39.0 Å². The Morgan fingerprint density at radius 3 is 1.47 bits per heavy atom. The highest BCUT2D eigenvalue weighted by molar-refractivity contribution is 5.81. The van der Waals surface area contributed by atoms with Crippen LogP contribution in [0, 0.1) is 0 Å². The average Bonchev–Trinajstić information content (AvgIpc) is 2.85. The molecular weight excluding hydrogens is 364 g/mol. The Morgan fingerprint density at radius 2 is 0.933 bits per heavy atom.